The molecule has 0 radical (unpaired) electrons. The summed E-state index contributed by atoms with van der Waals surface area (Å²) < 4.78 is 23.3. The lowest BCUT2D eigenvalue weighted by Gasteiger charge is -1.93. The second-order valence-corrected chi connectivity index (χ2v) is 6.04. The van der Waals surface area contributed by atoms with Gasteiger partial charge in [-0.05, 0) is 29.7 Å². The lowest BCUT2D eigenvalue weighted by molar-refractivity contribution is 0.586. The predicted octanol–water partition coefficient (Wildman–Crippen LogP) is 1.92. The molecule has 0 atom stereocenters. The Morgan fingerprint density at radius 3 is 2.75 bits per heavy atom. The highest BCUT2D eigenvalue weighted by molar-refractivity contribution is 7.89. The lowest BCUT2D eigenvalue weighted by atomic mass is 10.3. The van der Waals surface area contributed by atoms with Crippen LogP contribution in [0.3, 0.4) is 0 Å². The van der Waals surface area contributed by atoms with Crippen LogP contribution in [0.1, 0.15) is 10.6 Å². The van der Waals surface area contributed by atoms with Gasteiger partial charge in [-0.15, -0.1) is 11.3 Å². The first kappa shape index (κ1) is 11.1. The molecule has 0 aliphatic rings. The van der Waals surface area contributed by atoms with Crippen molar-refractivity contribution in [3.63, 3.8) is 0 Å². The van der Waals surface area contributed by atoms with Crippen molar-refractivity contribution in [2.75, 3.05) is 6.26 Å². The minimum absolute atomic E-state index is 0.624. The fraction of sp³-hybridized carbons (Fsp3) is 0.100. The fourth-order valence-electron chi connectivity index (χ4n) is 1.15. The molecule has 0 saturated carbocycles. The van der Waals surface area contributed by atoms with E-state index < -0.39 is 10.0 Å². The molecule has 16 heavy (non-hydrogen) atoms. The van der Waals surface area contributed by atoms with Gasteiger partial charge >= 0.3 is 0 Å². The van der Waals surface area contributed by atoms with E-state index in [0.717, 1.165) is 15.2 Å². The third kappa shape index (κ3) is 2.59. The third-order valence-electron chi connectivity index (χ3n) is 1.89. The van der Waals surface area contributed by atoms with Crippen molar-refractivity contribution in [1.82, 2.24) is 9.19 Å². The molecule has 2 rings (SSSR count). The van der Waals surface area contributed by atoms with E-state index in [1.54, 1.807) is 23.5 Å². The molecule has 0 unspecified atom stereocenters. The summed E-state index contributed by atoms with van der Waals surface area (Å²) in [6.45, 7) is 0. The van der Waals surface area contributed by atoms with Gasteiger partial charge in [-0.2, -0.15) is 9.19 Å². The first-order valence-electron chi connectivity index (χ1n) is 4.53. The highest BCUT2D eigenvalue weighted by atomic mass is 32.2. The van der Waals surface area contributed by atoms with E-state index in [1.807, 2.05) is 23.6 Å². The molecule has 2 aromatic heterocycles. The number of aromatic nitrogens is 2. The zero-order chi connectivity index (χ0) is 11.6. The molecular weight excluding hydrogens is 244 g/mol. The molecule has 0 bridgehead atoms. The molecule has 0 aromatic carbocycles. The minimum Gasteiger partial charge on any atom is -0.205 e. The van der Waals surface area contributed by atoms with Crippen molar-refractivity contribution in [3.05, 3.63) is 40.3 Å². The van der Waals surface area contributed by atoms with Gasteiger partial charge in [-0.1, -0.05) is 6.07 Å². The summed E-state index contributed by atoms with van der Waals surface area (Å²) >= 11 is 1.61. The Morgan fingerprint density at radius 1 is 1.38 bits per heavy atom. The third-order valence-corrected chi connectivity index (χ3v) is 3.61. The van der Waals surface area contributed by atoms with Crippen LogP contribution in [-0.4, -0.2) is 23.9 Å². The van der Waals surface area contributed by atoms with Gasteiger partial charge in [0.25, 0.3) is 10.0 Å². The summed E-state index contributed by atoms with van der Waals surface area (Å²) in [4.78, 5) is 1.11. The fourth-order valence-corrected chi connectivity index (χ4v) is 2.29. The van der Waals surface area contributed by atoms with Crippen LogP contribution in [0.4, 0.5) is 0 Å². The SMILES string of the molecule is CS(=O)(=O)n1ccc(C=Cc2cccs2)n1. The molecule has 0 spiro atoms. The summed E-state index contributed by atoms with van der Waals surface area (Å²) in [6, 6.07) is 5.60. The Balaban J connectivity index is 2.21. The molecule has 0 fully saturated rings. The predicted molar refractivity (Wildman–Crippen MR) is 65.7 cm³/mol. The van der Waals surface area contributed by atoms with E-state index >= 15 is 0 Å². The van der Waals surface area contributed by atoms with Crippen LogP contribution in [0.25, 0.3) is 12.2 Å². The van der Waals surface area contributed by atoms with Gasteiger partial charge in [-0.25, -0.2) is 8.42 Å². The molecule has 6 heteroatoms. The minimum atomic E-state index is -3.28. The molecule has 4 nitrogen and oxygen atoms in total. The van der Waals surface area contributed by atoms with Gasteiger partial charge < -0.3 is 0 Å². The maximum Gasteiger partial charge on any atom is 0.250 e. The van der Waals surface area contributed by atoms with E-state index in [2.05, 4.69) is 5.10 Å². The van der Waals surface area contributed by atoms with Crippen LogP contribution in [0.15, 0.2) is 29.8 Å². The smallest absolute Gasteiger partial charge is 0.205 e. The molecule has 0 aliphatic heterocycles. The average Bonchev–Trinajstić information content (AvgIpc) is 2.85. The maximum atomic E-state index is 11.2. The van der Waals surface area contributed by atoms with E-state index in [-0.39, 0.29) is 0 Å². The lowest BCUT2D eigenvalue weighted by Crippen LogP contribution is -2.10. The second-order valence-electron chi connectivity index (χ2n) is 3.22. The maximum absolute atomic E-state index is 11.2. The molecule has 0 N–H and O–H groups in total. The number of nitrogens with zero attached hydrogens (tertiary/aromatic N) is 2. The van der Waals surface area contributed by atoms with Crippen molar-refractivity contribution in [1.29, 1.82) is 0 Å². The summed E-state index contributed by atoms with van der Waals surface area (Å²) in [7, 11) is -3.28. The molecule has 0 saturated heterocycles. The van der Waals surface area contributed by atoms with Crippen molar-refractivity contribution >= 4 is 33.5 Å². The van der Waals surface area contributed by atoms with Crippen molar-refractivity contribution in [2.24, 2.45) is 0 Å². The molecule has 2 heterocycles. The zero-order valence-electron chi connectivity index (χ0n) is 8.57. The molecule has 84 valence electrons. The van der Waals surface area contributed by atoms with Gasteiger partial charge in [0.2, 0.25) is 0 Å². The Morgan fingerprint density at radius 2 is 2.19 bits per heavy atom. The zero-order valence-corrected chi connectivity index (χ0v) is 10.2. The summed E-state index contributed by atoms with van der Waals surface area (Å²) in [6.07, 6.45) is 6.24. The topological polar surface area (TPSA) is 52.0 Å². The Bertz CT molecular complexity index is 595. The highest BCUT2D eigenvalue weighted by Crippen LogP contribution is 2.12. The van der Waals surface area contributed by atoms with Crippen molar-refractivity contribution in [3.8, 4) is 0 Å². The van der Waals surface area contributed by atoms with Crippen LogP contribution in [0.5, 0.6) is 0 Å². The molecule has 0 amide bonds. The van der Waals surface area contributed by atoms with E-state index in [9.17, 15) is 8.42 Å². The molecule has 2 aromatic rings. The summed E-state index contributed by atoms with van der Waals surface area (Å²) in [5, 5.41) is 5.91. The first-order valence-corrected chi connectivity index (χ1v) is 7.26. The molecule has 0 aliphatic carbocycles. The Labute approximate surface area is 97.9 Å². The number of thiophene rings is 1. The second kappa shape index (κ2) is 4.23. The Kier molecular flexibility index (Phi) is 2.93. The quantitative estimate of drug-likeness (QED) is 0.841. The largest absolute Gasteiger partial charge is 0.250 e. The van der Waals surface area contributed by atoms with Crippen LogP contribution in [-0.2, 0) is 10.0 Å². The molecular formula is C10H10N2O2S2. The van der Waals surface area contributed by atoms with Gasteiger partial charge in [0.15, 0.2) is 0 Å². The van der Waals surface area contributed by atoms with E-state index in [4.69, 9.17) is 0 Å². The van der Waals surface area contributed by atoms with Gasteiger partial charge in [0, 0.05) is 11.1 Å². The summed E-state index contributed by atoms with van der Waals surface area (Å²) in [5.74, 6) is 0. The monoisotopic (exact) mass is 254 g/mol. The van der Waals surface area contributed by atoms with Gasteiger partial charge in [-0.3, -0.25) is 0 Å². The van der Waals surface area contributed by atoms with Crippen LogP contribution >= 0.6 is 11.3 Å². The standard InChI is InChI=1S/C10H10N2O2S2/c1-16(13,14)12-7-6-9(11-12)4-5-10-3-2-8-15-10/h2-8H,1H3. The number of hydrogen-bond donors (Lipinski definition) is 0. The Hall–Kier alpha value is -1.40. The van der Waals surface area contributed by atoms with E-state index in [0.29, 0.717) is 5.69 Å². The highest BCUT2D eigenvalue weighted by Gasteiger charge is 2.05. The van der Waals surface area contributed by atoms with Gasteiger partial charge in [0.05, 0.1) is 11.9 Å². The number of hydrogen-bond acceptors (Lipinski definition) is 4. The average molecular weight is 254 g/mol. The van der Waals surface area contributed by atoms with Crippen LogP contribution in [0.2, 0.25) is 0 Å². The van der Waals surface area contributed by atoms with E-state index in [1.165, 1.54) is 6.20 Å². The van der Waals surface area contributed by atoms with Crippen molar-refractivity contribution in [2.45, 2.75) is 0 Å². The van der Waals surface area contributed by atoms with Gasteiger partial charge in [0.1, 0.15) is 0 Å². The van der Waals surface area contributed by atoms with Crippen LogP contribution in [0, 0.1) is 0 Å². The normalized spacial score (nSPS) is 12.3. The summed E-state index contributed by atoms with van der Waals surface area (Å²) in [5.41, 5.74) is 0.624. The number of rotatable bonds is 3. The van der Waals surface area contributed by atoms with Crippen molar-refractivity contribution < 1.29 is 8.42 Å². The van der Waals surface area contributed by atoms with Crippen LogP contribution < -0.4 is 0 Å². The first-order chi connectivity index (χ1) is 7.55.